The molecular formula is C16H31NO3. The molecule has 0 aromatic rings. The second kappa shape index (κ2) is 10.7. The highest BCUT2D eigenvalue weighted by molar-refractivity contribution is 5.78. The van der Waals surface area contributed by atoms with Gasteiger partial charge in [-0.2, -0.15) is 0 Å². The minimum atomic E-state index is -0.788. The van der Waals surface area contributed by atoms with Crippen LogP contribution in [-0.2, 0) is 9.59 Å². The van der Waals surface area contributed by atoms with Crippen molar-refractivity contribution in [3.05, 3.63) is 0 Å². The third kappa shape index (κ3) is 8.94. The van der Waals surface area contributed by atoms with E-state index < -0.39 is 5.97 Å². The van der Waals surface area contributed by atoms with Crippen molar-refractivity contribution in [3.63, 3.8) is 0 Å². The molecule has 0 bridgehead atoms. The zero-order valence-electron chi connectivity index (χ0n) is 13.4. The third-order valence-corrected chi connectivity index (χ3v) is 3.48. The first-order valence-corrected chi connectivity index (χ1v) is 7.90. The average molecular weight is 285 g/mol. The zero-order valence-corrected chi connectivity index (χ0v) is 13.4. The van der Waals surface area contributed by atoms with Crippen LogP contribution in [0, 0.1) is 17.8 Å². The van der Waals surface area contributed by atoms with Crippen molar-refractivity contribution in [1.82, 2.24) is 5.32 Å². The summed E-state index contributed by atoms with van der Waals surface area (Å²) in [6.45, 7) is 8.80. The number of amides is 1. The van der Waals surface area contributed by atoms with Crippen molar-refractivity contribution in [1.29, 1.82) is 0 Å². The van der Waals surface area contributed by atoms with Crippen LogP contribution in [0.25, 0.3) is 0 Å². The maximum absolute atomic E-state index is 12.1. The molecule has 118 valence electrons. The Bertz CT molecular complexity index is 283. The average Bonchev–Trinajstić information content (AvgIpc) is 2.34. The first kappa shape index (κ1) is 18.9. The van der Waals surface area contributed by atoms with E-state index in [0.717, 1.165) is 32.1 Å². The highest BCUT2D eigenvalue weighted by Gasteiger charge is 2.20. The van der Waals surface area contributed by atoms with Crippen molar-refractivity contribution in [2.75, 3.05) is 6.54 Å². The number of carbonyl (C=O) groups is 2. The van der Waals surface area contributed by atoms with Crippen LogP contribution in [-0.4, -0.2) is 23.5 Å². The van der Waals surface area contributed by atoms with Crippen LogP contribution in [0.4, 0.5) is 0 Å². The first-order chi connectivity index (χ1) is 9.40. The molecule has 4 nitrogen and oxygen atoms in total. The standard InChI is InChI=1S/C16H31NO3/c1-5-7-14(8-6-2)16(20)17-11-13(9-12(3)4)10-15(18)19/h12-14H,5-11H2,1-4H3,(H,17,20)(H,18,19)/t13-/m0/s1. The maximum atomic E-state index is 12.1. The lowest BCUT2D eigenvalue weighted by molar-refractivity contribution is -0.138. The lowest BCUT2D eigenvalue weighted by Crippen LogP contribution is -2.35. The number of nitrogens with one attached hydrogen (secondary N) is 1. The monoisotopic (exact) mass is 285 g/mol. The van der Waals surface area contributed by atoms with Gasteiger partial charge in [0.05, 0.1) is 0 Å². The van der Waals surface area contributed by atoms with Gasteiger partial charge in [-0.1, -0.05) is 40.5 Å². The Morgan fingerprint density at radius 2 is 1.65 bits per heavy atom. The molecule has 4 heteroatoms. The van der Waals surface area contributed by atoms with Gasteiger partial charge in [0, 0.05) is 18.9 Å². The van der Waals surface area contributed by atoms with Crippen LogP contribution < -0.4 is 5.32 Å². The summed E-state index contributed by atoms with van der Waals surface area (Å²) in [5.74, 6) is -0.148. The number of rotatable bonds is 11. The summed E-state index contributed by atoms with van der Waals surface area (Å²) >= 11 is 0. The molecule has 0 aromatic heterocycles. The summed E-state index contributed by atoms with van der Waals surface area (Å²) < 4.78 is 0. The van der Waals surface area contributed by atoms with Crippen molar-refractivity contribution in [3.8, 4) is 0 Å². The first-order valence-electron chi connectivity index (χ1n) is 7.90. The minimum Gasteiger partial charge on any atom is -0.481 e. The summed E-state index contributed by atoms with van der Waals surface area (Å²) in [7, 11) is 0. The molecule has 0 aliphatic rings. The largest absolute Gasteiger partial charge is 0.481 e. The van der Waals surface area contributed by atoms with Gasteiger partial charge in [-0.15, -0.1) is 0 Å². The van der Waals surface area contributed by atoms with Crippen LogP contribution in [0.3, 0.4) is 0 Å². The summed E-state index contributed by atoms with van der Waals surface area (Å²) in [5.41, 5.74) is 0. The van der Waals surface area contributed by atoms with Crippen molar-refractivity contribution in [2.24, 2.45) is 17.8 Å². The Balaban J connectivity index is 4.35. The molecule has 0 fully saturated rings. The number of aliphatic carboxylic acids is 1. The van der Waals surface area contributed by atoms with Gasteiger partial charge in [-0.25, -0.2) is 0 Å². The van der Waals surface area contributed by atoms with E-state index in [1.54, 1.807) is 0 Å². The van der Waals surface area contributed by atoms with Crippen molar-refractivity contribution < 1.29 is 14.7 Å². The quantitative estimate of drug-likeness (QED) is 0.611. The van der Waals surface area contributed by atoms with E-state index in [1.165, 1.54) is 0 Å². The predicted molar refractivity (Wildman–Crippen MR) is 81.5 cm³/mol. The zero-order chi connectivity index (χ0) is 15.5. The van der Waals surface area contributed by atoms with Gasteiger partial charge < -0.3 is 10.4 Å². The van der Waals surface area contributed by atoms with Crippen LogP contribution >= 0.6 is 0 Å². The number of carbonyl (C=O) groups excluding carboxylic acids is 1. The topological polar surface area (TPSA) is 66.4 Å². The molecular weight excluding hydrogens is 254 g/mol. The van der Waals surface area contributed by atoms with E-state index in [0.29, 0.717) is 12.5 Å². The van der Waals surface area contributed by atoms with E-state index in [9.17, 15) is 9.59 Å². The summed E-state index contributed by atoms with van der Waals surface area (Å²) in [6.07, 6.45) is 4.79. The fraction of sp³-hybridized carbons (Fsp3) is 0.875. The van der Waals surface area contributed by atoms with E-state index in [1.807, 2.05) is 0 Å². The molecule has 0 rings (SSSR count). The van der Waals surface area contributed by atoms with Crippen LogP contribution in [0.15, 0.2) is 0 Å². The van der Waals surface area contributed by atoms with Gasteiger partial charge in [0.15, 0.2) is 0 Å². The van der Waals surface area contributed by atoms with Gasteiger partial charge in [0.2, 0.25) is 5.91 Å². The molecule has 0 aromatic carbocycles. The molecule has 20 heavy (non-hydrogen) atoms. The molecule has 1 amide bonds. The van der Waals surface area contributed by atoms with Crippen LogP contribution in [0.1, 0.15) is 66.2 Å². The number of carboxylic acid groups (broad SMARTS) is 1. The summed E-state index contributed by atoms with van der Waals surface area (Å²) in [5, 5.41) is 11.9. The van der Waals surface area contributed by atoms with Gasteiger partial charge in [0.25, 0.3) is 0 Å². The fourth-order valence-corrected chi connectivity index (χ4v) is 2.65. The lowest BCUT2D eigenvalue weighted by Gasteiger charge is -2.20. The second-order valence-corrected chi connectivity index (χ2v) is 6.11. The Labute approximate surface area is 123 Å². The molecule has 0 aliphatic heterocycles. The fourth-order valence-electron chi connectivity index (χ4n) is 2.65. The van der Waals surface area contributed by atoms with Gasteiger partial charge >= 0.3 is 5.97 Å². The smallest absolute Gasteiger partial charge is 0.303 e. The second-order valence-electron chi connectivity index (χ2n) is 6.11. The molecule has 0 saturated heterocycles. The molecule has 0 spiro atoms. The Morgan fingerprint density at radius 3 is 2.05 bits per heavy atom. The maximum Gasteiger partial charge on any atom is 0.303 e. The number of carboxylic acids is 1. The van der Waals surface area contributed by atoms with Gasteiger partial charge in [-0.3, -0.25) is 9.59 Å². The molecule has 0 unspecified atom stereocenters. The molecule has 0 aliphatic carbocycles. The van der Waals surface area contributed by atoms with E-state index in [2.05, 4.69) is 33.0 Å². The third-order valence-electron chi connectivity index (χ3n) is 3.48. The van der Waals surface area contributed by atoms with Crippen molar-refractivity contribution in [2.45, 2.75) is 66.2 Å². The van der Waals surface area contributed by atoms with E-state index >= 15 is 0 Å². The lowest BCUT2D eigenvalue weighted by atomic mass is 9.93. The van der Waals surface area contributed by atoms with Crippen LogP contribution in [0.5, 0.6) is 0 Å². The number of hydrogen-bond donors (Lipinski definition) is 2. The molecule has 0 saturated carbocycles. The molecule has 2 N–H and O–H groups in total. The highest BCUT2D eigenvalue weighted by Crippen LogP contribution is 2.17. The van der Waals surface area contributed by atoms with E-state index in [4.69, 9.17) is 5.11 Å². The summed E-state index contributed by atoms with van der Waals surface area (Å²) in [6, 6.07) is 0. The summed E-state index contributed by atoms with van der Waals surface area (Å²) in [4.78, 5) is 23.0. The SMILES string of the molecule is CCCC(CCC)C(=O)NC[C@H](CC(=O)O)CC(C)C. The van der Waals surface area contributed by atoms with Crippen LogP contribution in [0.2, 0.25) is 0 Å². The normalized spacial score (nSPS) is 12.7. The molecule has 0 heterocycles. The minimum absolute atomic E-state index is 0.0281. The van der Waals surface area contributed by atoms with Gasteiger partial charge in [-0.05, 0) is 31.1 Å². The Hall–Kier alpha value is -1.06. The molecule has 1 atom stereocenters. The van der Waals surface area contributed by atoms with E-state index in [-0.39, 0.29) is 24.2 Å². The Morgan fingerprint density at radius 1 is 1.10 bits per heavy atom. The molecule has 0 radical (unpaired) electrons. The highest BCUT2D eigenvalue weighted by atomic mass is 16.4. The van der Waals surface area contributed by atoms with Gasteiger partial charge in [0.1, 0.15) is 0 Å². The Kier molecular flexibility index (Phi) is 10.1. The predicted octanol–water partition coefficient (Wildman–Crippen LogP) is 3.46. The van der Waals surface area contributed by atoms with Crippen molar-refractivity contribution >= 4 is 11.9 Å². The number of hydrogen-bond acceptors (Lipinski definition) is 2.